The highest BCUT2D eigenvalue weighted by atomic mass is 31.2. The number of hydrogen-bond acceptors (Lipinski definition) is 6. The summed E-state index contributed by atoms with van der Waals surface area (Å²) >= 11 is 0. The lowest BCUT2D eigenvalue weighted by Crippen LogP contribution is -2.74. The predicted molar refractivity (Wildman–Crippen MR) is 115 cm³/mol. The van der Waals surface area contributed by atoms with Gasteiger partial charge in [0.25, 0.3) is 0 Å². The maximum Gasteiger partial charge on any atom is 0.469 e. The Morgan fingerprint density at radius 3 is 2.39 bits per heavy atom. The summed E-state index contributed by atoms with van der Waals surface area (Å²) in [6.45, 7) is 5.58. The molecule has 0 heterocycles. The van der Waals surface area contributed by atoms with Gasteiger partial charge in [-0.15, -0.1) is 0 Å². The van der Waals surface area contributed by atoms with Crippen LogP contribution in [0.25, 0.3) is 0 Å². The number of fused-ring (bicyclic) bond motifs is 5. The van der Waals surface area contributed by atoms with Crippen molar-refractivity contribution >= 4 is 19.4 Å². The number of carbonyl (C=O) groups excluding carboxylic acids is 2. The number of alkyl halides is 1. The molecule has 0 bridgehead atoms. The average molecular weight is 486 g/mol. The fourth-order valence-corrected chi connectivity index (χ4v) is 7.49. The molecule has 0 radical (unpaired) electrons. The van der Waals surface area contributed by atoms with Crippen LogP contribution in [-0.4, -0.2) is 55.5 Å². The average Bonchev–Trinajstić information content (AvgIpc) is 2.69. The van der Waals surface area contributed by atoms with Gasteiger partial charge in [0.2, 0.25) is 0 Å². The van der Waals surface area contributed by atoms with Gasteiger partial charge in [0.15, 0.2) is 22.8 Å². The van der Waals surface area contributed by atoms with E-state index in [-0.39, 0.29) is 18.6 Å². The molecule has 0 saturated heterocycles. The number of phosphoric acid groups is 1. The number of allylic oxidation sites excluding steroid dienone is 4. The van der Waals surface area contributed by atoms with E-state index in [1.807, 2.05) is 0 Å². The number of phosphoric ester groups is 1. The van der Waals surface area contributed by atoms with Crippen LogP contribution in [-0.2, 0) is 18.7 Å². The van der Waals surface area contributed by atoms with Gasteiger partial charge in [-0.25, -0.2) is 8.96 Å². The summed E-state index contributed by atoms with van der Waals surface area (Å²) in [5.74, 6) is -2.18. The summed E-state index contributed by atoms with van der Waals surface area (Å²) < 4.78 is 33.0. The highest BCUT2D eigenvalue weighted by Crippen LogP contribution is 2.68. The van der Waals surface area contributed by atoms with Crippen molar-refractivity contribution in [2.45, 2.75) is 70.8 Å². The molecule has 4 aliphatic rings. The molecule has 4 rings (SSSR count). The van der Waals surface area contributed by atoms with E-state index in [2.05, 4.69) is 4.52 Å². The molecular formula is C23H32FO8P. The number of Topliss-reactive ketones (excluding diaryl/α,β-unsaturated/α-hetero) is 1. The first kappa shape index (κ1) is 24.9. The van der Waals surface area contributed by atoms with Crippen LogP contribution in [0.3, 0.4) is 0 Å². The van der Waals surface area contributed by atoms with Crippen molar-refractivity contribution in [2.75, 3.05) is 6.61 Å². The summed E-state index contributed by atoms with van der Waals surface area (Å²) in [4.78, 5) is 44.0. The van der Waals surface area contributed by atoms with Gasteiger partial charge < -0.3 is 20.0 Å². The Labute approximate surface area is 192 Å². The molecule has 184 valence electrons. The Hall–Kier alpha value is -1.22. The Morgan fingerprint density at radius 1 is 1.15 bits per heavy atom. The van der Waals surface area contributed by atoms with Gasteiger partial charge in [-0.05, 0) is 50.7 Å². The first-order chi connectivity index (χ1) is 14.9. The maximum atomic E-state index is 17.1. The van der Waals surface area contributed by atoms with Crippen molar-refractivity contribution in [1.29, 1.82) is 0 Å². The summed E-state index contributed by atoms with van der Waals surface area (Å²) in [7, 11) is -4.96. The first-order valence-electron chi connectivity index (χ1n) is 11.2. The van der Waals surface area contributed by atoms with E-state index in [4.69, 9.17) is 9.79 Å². The molecule has 4 N–H and O–H groups in total. The second-order valence-corrected chi connectivity index (χ2v) is 12.5. The third-order valence-corrected chi connectivity index (χ3v) is 9.68. The standard InChI is InChI=1S/C23H32FO8P/c1-19(2)10-16-15-6-5-13-9-14(25)7-8-21(13,4)23(15,24)17(26)11-20(16,3)18(27)22(19,28)12-32-33(29,30)31/h7-9,15-17,26,28H,5-6,10-12H2,1-4H3,(H2,29,30,31)/t15-,16-,17-,20-,21-,22-,23-/m0/s1. The quantitative estimate of drug-likeness (QED) is 0.446. The van der Waals surface area contributed by atoms with Crippen molar-refractivity contribution < 1.29 is 43.1 Å². The summed E-state index contributed by atoms with van der Waals surface area (Å²) in [5.41, 5.74) is -7.42. The molecule has 3 fully saturated rings. The number of aliphatic hydroxyl groups is 2. The predicted octanol–water partition coefficient (Wildman–Crippen LogP) is 2.40. The summed E-state index contributed by atoms with van der Waals surface area (Å²) in [6, 6.07) is 0. The normalized spacial score (nSPS) is 46.8. The van der Waals surface area contributed by atoms with E-state index in [1.54, 1.807) is 27.7 Å². The minimum absolute atomic E-state index is 0.192. The highest BCUT2D eigenvalue weighted by Gasteiger charge is 2.74. The van der Waals surface area contributed by atoms with Crippen molar-refractivity contribution in [3.05, 3.63) is 23.8 Å². The number of carbonyl (C=O) groups is 2. The zero-order chi connectivity index (χ0) is 24.8. The SMILES string of the molecule is CC1(C)C[C@H]2[C@@H]3CCC4=CC(=O)C=C[C@]4(C)[C@@]3(F)[C@@H](O)C[C@]2(C)C(=O)[C@@]1(O)COP(=O)(O)O. The van der Waals surface area contributed by atoms with Gasteiger partial charge >= 0.3 is 7.82 Å². The fraction of sp³-hybridized carbons (Fsp3) is 0.739. The van der Waals surface area contributed by atoms with Gasteiger partial charge in [-0.1, -0.05) is 32.4 Å². The number of aliphatic hydroxyl groups excluding tert-OH is 1. The van der Waals surface area contributed by atoms with E-state index in [0.29, 0.717) is 18.4 Å². The second-order valence-electron chi connectivity index (χ2n) is 11.3. The van der Waals surface area contributed by atoms with Gasteiger partial charge in [-0.2, -0.15) is 0 Å². The van der Waals surface area contributed by atoms with Crippen LogP contribution in [0, 0.1) is 28.1 Å². The molecule has 7 atom stereocenters. The molecule has 0 amide bonds. The number of ketones is 2. The van der Waals surface area contributed by atoms with E-state index in [0.717, 1.165) is 0 Å². The smallest absolute Gasteiger partial charge is 0.390 e. The molecular weight excluding hydrogens is 454 g/mol. The number of halogens is 1. The Kier molecular flexibility index (Phi) is 5.39. The lowest BCUT2D eigenvalue weighted by molar-refractivity contribution is -0.237. The molecule has 0 aromatic carbocycles. The van der Waals surface area contributed by atoms with Crippen molar-refractivity contribution in [3.8, 4) is 0 Å². The molecule has 0 spiro atoms. The second kappa shape index (κ2) is 7.15. The van der Waals surface area contributed by atoms with Crippen LogP contribution in [0.5, 0.6) is 0 Å². The number of rotatable bonds is 3. The van der Waals surface area contributed by atoms with Crippen LogP contribution in [0.2, 0.25) is 0 Å². The van der Waals surface area contributed by atoms with E-state index >= 15 is 4.39 Å². The Morgan fingerprint density at radius 2 is 1.79 bits per heavy atom. The van der Waals surface area contributed by atoms with Crippen LogP contribution in [0.4, 0.5) is 4.39 Å². The van der Waals surface area contributed by atoms with Crippen LogP contribution >= 0.6 is 7.82 Å². The zero-order valence-electron chi connectivity index (χ0n) is 19.2. The van der Waals surface area contributed by atoms with Crippen molar-refractivity contribution in [2.24, 2.45) is 28.1 Å². The maximum absolute atomic E-state index is 17.1. The van der Waals surface area contributed by atoms with Gasteiger partial charge in [0.1, 0.15) is 0 Å². The number of hydrogen-bond donors (Lipinski definition) is 4. The molecule has 10 heteroatoms. The topological polar surface area (TPSA) is 141 Å². The highest BCUT2D eigenvalue weighted by molar-refractivity contribution is 7.46. The lowest BCUT2D eigenvalue weighted by atomic mass is 9.39. The molecule has 0 aliphatic heterocycles. The van der Waals surface area contributed by atoms with E-state index in [9.17, 15) is 24.4 Å². The first-order valence-corrected chi connectivity index (χ1v) is 12.7. The Bertz CT molecular complexity index is 1020. The van der Waals surface area contributed by atoms with Gasteiger partial charge in [0.05, 0.1) is 12.7 Å². The van der Waals surface area contributed by atoms with Gasteiger partial charge in [-0.3, -0.25) is 14.1 Å². The minimum Gasteiger partial charge on any atom is -0.390 e. The monoisotopic (exact) mass is 486 g/mol. The van der Waals surface area contributed by atoms with Crippen LogP contribution in [0.15, 0.2) is 23.8 Å². The molecule has 0 unspecified atom stereocenters. The van der Waals surface area contributed by atoms with Crippen molar-refractivity contribution in [3.63, 3.8) is 0 Å². The third-order valence-electron chi connectivity index (χ3n) is 9.22. The molecule has 3 saturated carbocycles. The molecule has 8 nitrogen and oxygen atoms in total. The Balaban J connectivity index is 1.78. The molecule has 33 heavy (non-hydrogen) atoms. The summed E-state index contributed by atoms with van der Waals surface area (Å²) in [6.07, 6.45) is 3.45. The molecule has 0 aromatic rings. The third kappa shape index (κ3) is 3.23. The molecule has 0 aromatic heterocycles. The zero-order valence-corrected chi connectivity index (χ0v) is 20.1. The largest absolute Gasteiger partial charge is 0.469 e. The lowest BCUT2D eigenvalue weighted by Gasteiger charge is -2.66. The van der Waals surface area contributed by atoms with E-state index < -0.39 is 65.7 Å². The van der Waals surface area contributed by atoms with Crippen LogP contribution < -0.4 is 0 Å². The molecule has 4 aliphatic carbocycles. The van der Waals surface area contributed by atoms with E-state index in [1.165, 1.54) is 18.2 Å². The fourth-order valence-electron chi connectivity index (χ4n) is 7.14. The van der Waals surface area contributed by atoms with Crippen molar-refractivity contribution in [1.82, 2.24) is 0 Å². The van der Waals surface area contributed by atoms with Crippen LogP contribution in [0.1, 0.15) is 53.4 Å². The van der Waals surface area contributed by atoms with Gasteiger partial charge in [0, 0.05) is 22.2 Å². The summed E-state index contributed by atoms with van der Waals surface area (Å²) in [5, 5.41) is 22.6. The minimum atomic E-state index is -4.96.